The van der Waals surface area contributed by atoms with E-state index in [-0.39, 0.29) is 5.41 Å². The van der Waals surface area contributed by atoms with Crippen molar-refractivity contribution in [1.82, 2.24) is 0 Å². The molecule has 0 radical (unpaired) electrons. The first-order valence-corrected chi connectivity index (χ1v) is 13.2. The summed E-state index contributed by atoms with van der Waals surface area (Å²) in [6.45, 7) is 13.6. The maximum atomic E-state index is 12.3. The van der Waals surface area contributed by atoms with Gasteiger partial charge in [0.1, 0.15) is 16.8 Å². The Bertz CT molecular complexity index is 730. The molecule has 178 valence electrons. The van der Waals surface area contributed by atoms with Crippen molar-refractivity contribution in [2.24, 2.45) is 34.5 Å². The maximum absolute atomic E-state index is 12.3. The van der Waals surface area contributed by atoms with Crippen LogP contribution >= 0.6 is 0 Å². The Morgan fingerprint density at radius 1 is 0.903 bits per heavy atom. The zero-order valence-electron chi connectivity index (χ0n) is 21.0. The van der Waals surface area contributed by atoms with Gasteiger partial charge in [0.05, 0.1) is 0 Å². The Kier molecular flexibility index (Phi) is 5.80. The van der Waals surface area contributed by atoms with Crippen LogP contribution in [0.1, 0.15) is 112 Å². The molecule has 4 rings (SSSR count). The Labute approximate surface area is 190 Å². The molecule has 0 aromatic rings. The number of aliphatic hydroxyl groups is 3. The summed E-state index contributed by atoms with van der Waals surface area (Å²) in [5.74, 6) is 2.31. The number of rotatable bonds is 5. The second-order valence-corrected chi connectivity index (χ2v) is 13.1. The molecule has 0 aromatic carbocycles. The molecule has 31 heavy (non-hydrogen) atoms. The van der Waals surface area contributed by atoms with Crippen LogP contribution in [0.3, 0.4) is 0 Å². The van der Waals surface area contributed by atoms with Gasteiger partial charge in [0.25, 0.3) is 0 Å². The van der Waals surface area contributed by atoms with Gasteiger partial charge in [-0.05, 0) is 68.6 Å². The molecule has 3 saturated carbocycles. The van der Waals surface area contributed by atoms with Crippen molar-refractivity contribution in [3.05, 3.63) is 11.6 Å². The van der Waals surface area contributed by atoms with Crippen LogP contribution in [0.25, 0.3) is 0 Å². The molecule has 0 saturated heterocycles. The Morgan fingerprint density at radius 3 is 2.29 bits per heavy atom. The summed E-state index contributed by atoms with van der Waals surface area (Å²) in [6, 6.07) is 0. The van der Waals surface area contributed by atoms with Crippen LogP contribution in [0, 0.1) is 34.5 Å². The van der Waals surface area contributed by atoms with Crippen LogP contribution in [-0.2, 0) is 0 Å². The zero-order valence-corrected chi connectivity index (χ0v) is 21.0. The lowest BCUT2D eigenvalue weighted by Crippen LogP contribution is -2.80. The fourth-order valence-corrected chi connectivity index (χ4v) is 8.82. The van der Waals surface area contributed by atoms with Crippen LogP contribution in [0.15, 0.2) is 11.6 Å². The summed E-state index contributed by atoms with van der Waals surface area (Å²) < 4.78 is 0. The molecule has 0 aromatic heterocycles. The minimum atomic E-state index is -1.46. The van der Waals surface area contributed by atoms with Crippen LogP contribution < -0.4 is 0 Å². The molecule has 3 fully saturated rings. The van der Waals surface area contributed by atoms with E-state index in [0.29, 0.717) is 37.0 Å². The van der Waals surface area contributed by atoms with Crippen molar-refractivity contribution < 1.29 is 15.3 Å². The molecule has 0 bridgehead atoms. The van der Waals surface area contributed by atoms with Crippen molar-refractivity contribution in [2.45, 2.75) is 129 Å². The second-order valence-electron chi connectivity index (χ2n) is 13.1. The van der Waals surface area contributed by atoms with E-state index < -0.39 is 22.2 Å². The molecular formula is C28H48O3. The van der Waals surface area contributed by atoms with E-state index >= 15 is 0 Å². The molecule has 3 heteroatoms. The number of hydrogen-bond donors (Lipinski definition) is 3. The first kappa shape index (κ1) is 23.8. The maximum Gasteiger partial charge on any atom is 0.127 e. The lowest BCUT2D eigenvalue weighted by molar-refractivity contribution is -0.335. The Hall–Kier alpha value is -0.380. The molecular weight excluding hydrogens is 384 g/mol. The SMILES string of the molecule is CC(C)CCCC(C)[C@H]1CC[C@@]2(O)[C@]3(O)CC=C4C[C@@H](C)CC[C@]4(C)[C@@]3(O)CC[C@]12C. The highest BCUT2D eigenvalue weighted by Crippen LogP contribution is 2.71. The fraction of sp³-hybridized carbons (Fsp3) is 0.929. The summed E-state index contributed by atoms with van der Waals surface area (Å²) in [7, 11) is 0. The first-order chi connectivity index (χ1) is 14.3. The van der Waals surface area contributed by atoms with Gasteiger partial charge in [0.2, 0.25) is 0 Å². The largest absolute Gasteiger partial charge is 0.386 e. The molecule has 0 aliphatic heterocycles. The van der Waals surface area contributed by atoms with Gasteiger partial charge in [-0.25, -0.2) is 0 Å². The van der Waals surface area contributed by atoms with Crippen molar-refractivity contribution in [1.29, 1.82) is 0 Å². The van der Waals surface area contributed by atoms with Crippen LogP contribution in [0.5, 0.6) is 0 Å². The Balaban J connectivity index is 1.66. The summed E-state index contributed by atoms with van der Waals surface area (Å²) >= 11 is 0. The third kappa shape index (κ3) is 3.01. The van der Waals surface area contributed by atoms with Crippen molar-refractivity contribution in [3.63, 3.8) is 0 Å². The summed E-state index contributed by atoms with van der Waals surface area (Å²) in [6.07, 6.45) is 12.2. The minimum Gasteiger partial charge on any atom is -0.386 e. The van der Waals surface area contributed by atoms with Crippen molar-refractivity contribution in [2.75, 3.05) is 0 Å². The third-order valence-electron chi connectivity index (χ3n) is 11.1. The van der Waals surface area contributed by atoms with E-state index in [1.807, 2.05) is 0 Å². The van der Waals surface area contributed by atoms with Gasteiger partial charge in [-0.1, -0.05) is 72.5 Å². The van der Waals surface area contributed by atoms with Gasteiger partial charge in [-0.2, -0.15) is 0 Å². The average molecular weight is 433 g/mol. The topological polar surface area (TPSA) is 60.7 Å². The Morgan fingerprint density at radius 2 is 1.61 bits per heavy atom. The van der Waals surface area contributed by atoms with E-state index in [1.165, 1.54) is 24.8 Å². The highest BCUT2D eigenvalue weighted by Gasteiger charge is 2.78. The van der Waals surface area contributed by atoms with Gasteiger partial charge >= 0.3 is 0 Å². The van der Waals surface area contributed by atoms with E-state index in [9.17, 15) is 15.3 Å². The molecule has 1 unspecified atom stereocenters. The molecule has 4 aliphatic carbocycles. The van der Waals surface area contributed by atoms with E-state index in [4.69, 9.17) is 0 Å². The monoisotopic (exact) mass is 432 g/mol. The first-order valence-electron chi connectivity index (χ1n) is 13.2. The normalized spacial score (nSPS) is 50.5. The third-order valence-corrected chi connectivity index (χ3v) is 11.1. The molecule has 0 spiro atoms. The molecule has 3 nitrogen and oxygen atoms in total. The van der Waals surface area contributed by atoms with Gasteiger partial charge in [0, 0.05) is 17.3 Å². The fourth-order valence-electron chi connectivity index (χ4n) is 8.82. The number of hydrogen-bond acceptors (Lipinski definition) is 3. The molecule has 4 aliphatic rings. The van der Waals surface area contributed by atoms with Crippen LogP contribution in [-0.4, -0.2) is 32.1 Å². The van der Waals surface area contributed by atoms with Crippen molar-refractivity contribution >= 4 is 0 Å². The minimum absolute atomic E-state index is 0.338. The quantitative estimate of drug-likeness (QED) is 0.466. The lowest BCUT2D eigenvalue weighted by Gasteiger charge is -2.69. The van der Waals surface area contributed by atoms with Crippen LogP contribution in [0.2, 0.25) is 0 Å². The predicted molar refractivity (Wildman–Crippen MR) is 127 cm³/mol. The van der Waals surface area contributed by atoms with Gasteiger partial charge in [0.15, 0.2) is 0 Å². The number of fused-ring (bicyclic) bond motifs is 5. The van der Waals surface area contributed by atoms with E-state index in [1.54, 1.807) is 0 Å². The van der Waals surface area contributed by atoms with E-state index in [2.05, 4.69) is 47.6 Å². The lowest BCUT2D eigenvalue weighted by atomic mass is 9.41. The van der Waals surface area contributed by atoms with Gasteiger partial charge in [-0.15, -0.1) is 0 Å². The van der Waals surface area contributed by atoms with Crippen LogP contribution in [0.4, 0.5) is 0 Å². The van der Waals surface area contributed by atoms with Gasteiger partial charge in [-0.3, -0.25) is 0 Å². The highest BCUT2D eigenvalue weighted by molar-refractivity contribution is 5.38. The van der Waals surface area contributed by atoms with Gasteiger partial charge < -0.3 is 15.3 Å². The zero-order chi connectivity index (χ0) is 22.9. The standard InChI is InChI=1S/C28H48O3/c1-19(2)8-7-9-21(4)23-12-15-26(29)25(23,6)16-17-27(30)24(5)13-10-20(3)18-22(24)11-14-28(26,27)31/h11,19-21,23,29-31H,7-10,12-18H2,1-6H3/t20-,21?,23+,24-,25+,26-,27-,28+/m0/s1. The molecule has 8 atom stereocenters. The second kappa shape index (κ2) is 7.57. The summed E-state index contributed by atoms with van der Waals surface area (Å²) in [5, 5.41) is 37.0. The summed E-state index contributed by atoms with van der Waals surface area (Å²) in [5.41, 5.74) is -3.37. The average Bonchev–Trinajstić information content (AvgIpc) is 2.98. The highest BCUT2D eigenvalue weighted by atomic mass is 16.4. The molecule has 0 heterocycles. The van der Waals surface area contributed by atoms with E-state index in [0.717, 1.165) is 38.0 Å². The molecule has 0 amide bonds. The van der Waals surface area contributed by atoms with Crippen molar-refractivity contribution in [3.8, 4) is 0 Å². The predicted octanol–water partition coefficient (Wildman–Crippen LogP) is 6.01. The smallest absolute Gasteiger partial charge is 0.127 e. The summed E-state index contributed by atoms with van der Waals surface area (Å²) in [4.78, 5) is 0. The molecule has 3 N–H and O–H groups in total.